The standard InChI is InChI=1S/C26H27Cl2FN2O4S2/c1-30-23(15-5-3-2-4-6-15)13-31(17-10-25(28)36-14-17)22-12-20(27)18(11-24(22)37(30,34)35)16-7-8-21(29)19(9-16)26(32)33/h7-12,14-15,23,34-35H,2-6,13H2,1H3,(H,32,33). The Morgan fingerprint density at radius 3 is 2.49 bits per heavy atom. The second-order valence-corrected chi connectivity index (χ2v) is 13.6. The number of halogens is 3. The molecule has 1 saturated carbocycles. The molecule has 6 nitrogen and oxygen atoms in total. The maximum Gasteiger partial charge on any atom is 0.338 e. The summed E-state index contributed by atoms with van der Waals surface area (Å²) in [5.74, 6) is -1.96. The van der Waals surface area contributed by atoms with Gasteiger partial charge >= 0.3 is 5.97 Å². The molecule has 0 saturated heterocycles. The predicted molar refractivity (Wildman–Crippen MR) is 149 cm³/mol. The monoisotopic (exact) mass is 584 g/mol. The van der Waals surface area contributed by atoms with Gasteiger partial charge in [0.15, 0.2) is 0 Å². The second kappa shape index (κ2) is 10.4. The largest absolute Gasteiger partial charge is 0.478 e. The Morgan fingerprint density at radius 2 is 1.84 bits per heavy atom. The molecule has 3 aromatic rings. The van der Waals surface area contributed by atoms with Crippen molar-refractivity contribution in [3.05, 3.63) is 62.5 Å². The van der Waals surface area contributed by atoms with E-state index < -0.39 is 28.1 Å². The Balaban J connectivity index is 1.69. The zero-order valence-electron chi connectivity index (χ0n) is 20.0. The van der Waals surface area contributed by atoms with Gasteiger partial charge in [0.2, 0.25) is 0 Å². The minimum Gasteiger partial charge on any atom is -0.478 e. The van der Waals surface area contributed by atoms with Crippen LogP contribution >= 0.6 is 45.3 Å². The molecule has 1 aliphatic heterocycles. The molecule has 37 heavy (non-hydrogen) atoms. The van der Waals surface area contributed by atoms with Crippen LogP contribution in [0.1, 0.15) is 42.5 Å². The number of likely N-dealkylation sites (N-methyl/N-ethyl adjacent to an activating group) is 1. The van der Waals surface area contributed by atoms with Crippen LogP contribution in [0.3, 0.4) is 0 Å². The highest BCUT2D eigenvalue weighted by molar-refractivity contribution is 8.22. The van der Waals surface area contributed by atoms with E-state index in [-0.39, 0.29) is 16.0 Å². The van der Waals surface area contributed by atoms with Crippen LogP contribution in [-0.4, -0.2) is 44.1 Å². The molecule has 1 fully saturated rings. The van der Waals surface area contributed by atoms with Crippen molar-refractivity contribution in [1.82, 2.24) is 4.31 Å². The van der Waals surface area contributed by atoms with Crippen molar-refractivity contribution >= 4 is 62.7 Å². The van der Waals surface area contributed by atoms with Crippen LogP contribution in [0.5, 0.6) is 0 Å². The van der Waals surface area contributed by atoms with Gasteiger partial charge in [0.25, 0.3) is 0 Å². The summed E-state index contributed by atoms with van der Waals surface area (Å²) < 4.78 is 39.8. The van der Waals surface area contributed by atoms with Crippen LogP contribution < -0.4 is 4.90 Å². The molecule has 0 amide bonds. The number of aromatic carboxylic acids is 1. The first-order chi connectivity index (χ1) is 17.6. The summed E-state index contributed by atoms with van der Waals surface area (Å²) in [6, 6.07) is 8.69. The van der Waals surface area contributed by atoms with E-state index in [1.807, 2.05) is 16.3 Å². The van der Waals surface area contributed by atoms with Gasteiger partial charge in [0.05, 0.1) is 31.2 Å². The molecule has 1 atom stereocenters. The van der Waals surface area contributed by atoms with Crippen LogP contribution in [0.2, 0.25) is 9.36 Å². The molecule has 1 unspecified atom stereocenters. The summed E-state index contributed by atoms with van der Waals surface area (Å²) in [5, 5.41) is 11.6. The summed E-state index contributed by atoms with van der Waals surface area (Å²) >= 11 is 14.4. The molecule has 0 radical (unpaired) electrons. The first-order valence-electron chi connectivity index (χ1n) is 12.0. The van der Waals surface area contributed by atoms with E-state index in [0.29, 0.717) is 33.6 Å². The third kappa shape index (κ3) is 4.98. The Kier molecular flexibility index (Phi) is 7.50. The topological polar surface area (TPSA) is 84.2 Å². The maximum absolute atomic E-state index is 14.1. The van der Waals surface area contributed by atoms with Gasteiger partial charge in [-0.25, -0.2) is 9.18 Å². The maximum atomic E-state index is 14.1. The molecule has 5 rings (SSSR count). The van der Waals surface area contributed by atoms with E-state index in [9.17, 15) is 23.4 Å². The fourth-order valence-electron chi connectivity index (χ4n) is 5.45. The number of benzene rings is 2. The molecule has 2 heterocycles. The number of hydrogen-bond donors (Lipinski definition) is 3. The molecular weight excluding hydrogens is 558 g/mol. The van der Waals surface area contributed by atoms with Gasteiger partial charge in [-0.3, -0.25) is 9.11 Å². The van der Waals surface area contributed by atoms with Crippen LogP contribution in [0.15, 0.2) is 46.7 Å². The smallest absolute Gasteiger partial charge is 0.338 e. The van der Waals surface area contributed by atoms with Crippen molar-refractivity contribution in [2.45, 2.75) is 43.0 Å². The summed E-state index contributed by atoms with van der Waals surface area (Å²) in [6.45, 7) is 0.520. The van der Waals surface area contributed by atoms with E-state index in [0.717, 1.165) is 37.4 Å². The fraction of sp³-hybridized carbons (Fsp3) is 0.346. The number of hydrogen-bond acceptors (Lipinski definition) is 6. The summed E-state index contributed by atoms with van der Waals surface area (Å²) in [4.78, 5) is 13.8. The molecule has 1 aliphatic carbocycles. The number of anilines is 2. The number of carboxylic acid groups (broad SMARTS) is 1. The van der Waals surface area contributed by atoms with Gasteiger partial charge in [-0.2, -0.15) is 4.31 Å². The number of rotatable bonds is 4. The number of fused-ring (bicyclic) bond motifs is 1. The predicted octanol–water partition coefficient (Wildman–Crippen LogP) is 8.62. The minimum atomic E-state index is -3.46. The van der Waals surface area contributed by atoms with Crippen molar-refractivity contribution in [3.63, 3.8) is 0 Å². The highest BCUT2D eigenvalue weighted by atomic mass is 35.5. The van der Waals surface area contributed by atoms with Crippen molar-refractivity contribution in [2.24, 2.45) is 5.92 Å². The quantitative estimate of drug-likeness (QED) is 0.284. The summed E-state index contributed by atoms with van der Waals surface area (Å²) in [7, 11) is -1.71. The first-order valence-corrected chi connectivity index (χ1v) is 15.1. The Hall–Kier alpha value is -1.85. The molecule has 3 N–H and O–H groups in total. The zero-order valence-corrected chi connectivity index (χ0v) is 23.2. The molecule has 11 heteroatoms. The third-order valence-corrected chi connectivity index (χ3v) is 10.8. The third-order valence-electron chi connectivity index (χ3n) is 7.44. The SMILES string of the molecule is CN1C(C2CCCCC2)CN(c2csc(Cl)c2)c2cc(Cl)c(-c3ccc(F)c(C(=O)O)c3)cc2S1(O)O. The van der Waals surface area contributed by atoms with E-state index in [2.05, 4.69) is 0 Å². The molecular formula is C26H27Cl2FN2O4S2. The molecule has 0 spiro atoms. The van der Waals surface area contributed by atoms with Crippen LogP contribution in [0, 0.1) is 11.7 Å². The normalized spacial score (nSPS) is 21.4. The summed E-state index contributed by atoms with van der Waals surface area (Å²) in [5.41, 5.74) is 1.65. The van der Waals surface area contributed by atoms with E-state index in [1.165, 1.54) is 29.9 Å². The van der Waals surface area contributed by atoms with E-state index >= 15 is 0 Å². The van der Waals surface area contributed by atoms with Gasteiger partial charge in [0, 0.05) is 30.6 Å². The van der Waals surface area contributed by atoms with E-state index in [1.54, 1.807) is 23.5 Å². The lowest BCUT2D eigenvalue weighted by Crippen LogP contribution is -2.44. The van der Waals surface area contributed by atoms with E-state index in [4.69, 9.17) is 23.2 Å². The lowest BCUT2D eigenvalue weighted by molar-refractivity contribution is 0.0692. The minimum absolute atomic E-state index is 0.136. The van der Waals surface area contributed by atoms with Gasteiger partial charge in [-0.15, -0.1) is 22.1 Å². The number of carboxylic acids is 1. The molecule has 1 aromatic heterocycles. The Labute approximate surface area is 230 Å². The number of carbonyl (C=O) groups is 1. The van der Waals surface area contributed by atoms with Crippen molar-refractivity contribution < 1.29 is 23.4 Å². The number of thiophene rings is 1. The number of nitrogens with zero attached hydrogens (tertiary/aromatic N) is 2. The van der Waals surface area contributed by atoms with Crippen LogP contribution in [-0.2, 0) is 0 Å². The fourth-order valence-corrected chi connectivity index (χ4v) is 8.23. The van der Waals surface area contributed by atoms with Crippen molar-refractivity contribution in [3.8, 4) is 11.1 Å². The van der Waals surface area contributed by atoms with Crippen molar-refractivity contribution in [1.29, 1.82) is 0 Å². The highest BCUT2D eigenvalue weighted by Gasteiger charge is 2.41. The second-order valence-electron chi connectivity index (χ2n) is 9.55. The Morgan fingerprint density at radius 1 is 1.11 bits per heavy atom. The molecule has 0 bridgehead atoms. The molecule has 2 aromatic carbocycles. The first kappa shape index (κ1) is 26.7. The average molecular weight is 586 g/mol. The zero-order chi connectivity index (χ0) is 26.5. The average Bonchev–Trinajstić information content (AvgIpc) is 3.27. The van der Waals surface area contributed by atoms with Gasteiger partial charge < -0.3 is 10.0 Å². The summed E-state index contributed by atoms with van der Waals surface area (Å²) in [6.07, 6.45) is 5.43. The van der Waals surface area contributed by atoms with Gasteiger partial charge in [0.1, 0.15) is 5.82 Å². The molecule has 198 valence electrons. The lowest BCUT2D eigenvalue weighted by Gasteiger charge is -2.46. The highest BCUT2D eigenvalue weighted by Crippen LogP contribution is 2.61. The van der Waals surface area contributed by atoms with Crippen LogP contribution in [0.25, 0.3) is 11.1 Å². The lowest BCUT2D eigenvalue weighted by atomic mass is 9.83. The molecule has 2 aliphatic rings. The van der Waals surface area contributed by atoms with Crippen molar-refractivity contribution in [2.75, 3.05) is 18.5 Å². The van der Waals surface area contributed by atoms with Crippen LogP contribution in [0.4, 0.5) is 15.8 Å². The van der Waals surface area contributed by atoms with Gasteiger partial charge in [-0.05, 0) is 54.7 Å². The Bertz CT molecular complexity index is 1350. The van der Waals surface area contributed by atoms with Gasteiger partial charge in [-0.1, -0.05) is 48.5 Å².